The van der Waals surface area contributed by atoms with Crippen LogP contribution < -0.4 is 10.6 Å². The first-order valence-corrected chi connectivity index (χ1v) is 9.10. The number of fused-ring (bicyclic) bond motifs is 1. The van der Waals surface area contributed by atoms with E-state index in [4.69, 9.17) is 9.97 Å². The van der Waals surface area contributed by atoms with Crippen LogP contribution in [-0.2, 0) is 19.4 Å². The molecule has 1 aliphatic carbocycles. The van der Waals surface area contributed by atoms with Gasteiger partial charge in [0.05, 0.1) is 0 Å². The van der Waals surface area contributed by atoms with E-state index in [9.17, 15) is 4.79 Å². The van der Waals surface area contributed by atoms with Crippen LogP contribution in [0, 0.1) is 0 Å². The molecule has 0 bridgehead atoms. The van der Waals surface area contributed by atoms with Gasteiger partial charge < -0.3 is 10.6 Å². The summed E-state index contributed by atoms with van der Waals surface area (Å²) in [7, 11) is 1.63. The molecule has 2 N–H and O–H groups in total. The van der Waals surface area contributed by atoms with Gasteiger partial charge in [0, 0.05) is 36.6 Å². The minimum absolute atomic E-state index is 0.0804. The molecule has 0 fully saturated rings. The van der Waals surface area contributed by atoms with Crippen molar-refractivity contribution in [1.29, 1.82) is 0 Å². The Labute approximate surface area is 158 Å². The van der Waals surface area contributed by atoms with E-state index in [2.05, 4.69) is 15.6 Å². The second kappa shape index (κ2) is 7.53. The zero-order chi connectivity index (χ0) is 18.6. The van der Waals surface area contributed by atoms with Crippen LogP contribution in [0.4, 0.5) is 5.82 Å². The van der Waals surface area contributed by atoms with E-state index in [0.29, 0.717) is 17.9 Å². The number of amides is 1. The van der Waals surface area contributed by atoms with Crippen molar-refractivity contribution < 1.29 is 4.79 Å². The Kier molecular flexibility index (Phi) is 4.78. The van der Waals surface area contributed by atoms with Crippen molar-refractivity contribution in [3.63, 3.8) is 0 Å². The summed E-state index contributed by atoms with van der Waals surface area (Å²) in [5.74, 6) is 1.46. The standard InChI is InChI=1S/C21H21N5O/c1-22-21(27)15-10-8-14(9-11-15)13-24-19-16-5-4-7-17(16)25-20(26-19)18-6-2-3-12-23-18/h2-3,6,8-12H,4-5,7,13H2,1H3,(H,22,27)(H,24,25,26). The average molecular weight is 359 g/mol. The van der Waals surface area contributed by atoms with Crippen molar-refractivity contribution >= 4 is 11.7 Å². The maximum Gasteiger partial charge on any atom is 0.251 e. The first kappa shape index (κ1) is 17.1. The van der Waals surface area contributed by atoms with Crippen LogP contribution in [0.15, 0.2) is 48.7 Å². The van der Waals surface area contributed by atoms with Gasteiger partial charge in [-0.05, 0) is 49.1 Å². The molecule has 6 heteroatoms. The molecule has 4 rings (SSSR count). The van der Waals surface area contributed by atoms with Gasteiger partial charge in [-0.15, -0.1) is 0 Å². The lowest BCUT2D eigenvalue weighted by Crippen LogP contribution is -2.17. The number of aryl methyl sites for hydroxylation is 1. The minimum Gasteiger partial charge on any atom is -0.366 e. The van der Waals surface area contributed by atoms with Crippen molar-refractivity contribution in [1.82, 2.24) is 20.3 Å². The largest absolute Gasteiger partial charge is 0.366 e. The summed E-state index contributed by atoms with van der Waals surface area (Å²) in [4.78, 5) is 25.5. The molecule has 2 heterocycles. The lowest BCUT2D eigenvalue weighted by Gasteiger charge is -2.12. The number of pyridine rings is 1. The van der Waals surface area contributed by atoms with Crippen LogP contribution in [0.1, 0.15) is 33.6 Å². The normalized spacial score (nSPS) is 12.5. The van der Waals surface area contributed by atoms with Gasteiger partial charge in [0.2, 0.25) is 0 Å². The van der Waals surface area contributed by atoms with Gasteiger partial charge in [-0.1, -0.05) is 18.2 Å². The van der Waals surface area contributed by atoms with Crippen LogP contribution in [0.25, 0.3) is 11.5 Å². The van der Waals surface area contributed by atoms with Crippen molar-refractivity contribution in [2.75, 3.05) is 12.4 Å². The molecule has 0 atom stereocenters. The number of nitrogens with zero attached hydrogens (tertiary/aromatic N) is 3. The minimum atomic E-state index is -0.0804. The monoisotopic (exact) mass is 359 g/mol. The highest BCUT2D eigenvalue weighted by Crippen LogP contribution is 2.29. The Morgan fingerprint density at radius 3 is 2.67 bits per heavy atom. The molecule has 0 unspecified atom stereocenters. The van der Waals surface area contributed by atoms with Crippen molar-refractivity contribution in [2.24, 2.45) is 0 Å². The topological polar surface area (TPSA) is 79.8 Å². The van der Waals surface area contributed by atoms with Crippen molar-refractivity contribution in [3.05, 3.63) is 71.0 Å². The van der Waals surface area contributed by atoms with Gasteiger partial charge >= 0.3 is 0 Å². The third kappa shape index (κ3) is 3.65. The van der Waals surface area contributed by atoms with Crippen LogP contribution >= 0.6 is 0 Å². The predicted molar refractivity (Wildman–Crippen MR) is 104 cm³/mol. The summed E-state index contributed by atoms with van der Waals surface area (Å²) in [6.07, 6.45) is 4.83. The number of hydrogen-bond donors (Lipinski definition) is 2. The summed E-state index contributed by atoms with van der Waals surface area (Å²) >= 11 is 0. The molecule has 6 nitrogen and oxygen atoms in total. The summed E-state index contributed by atoms with van der Waals surface area (Å²) in [6.45, 7) is 0.638. The van der Waals surface area contributed by atoms with E-state index in [0.717, 1.165) is 42.0 Å². The highest BCUT2D eigenvalue weighted by molar-refractivity contribution is 5.93. The summed E-state index contributed by atoms with van der Waals surface area (Å²) in [5.41, 5.74) is 4.85. The number of benzene rings is 1. The molecule has 1 amide bonds. The molecule has 136 valence electrons. The first-order chi connectivity index (χ1) is 13.2. The second-order valence-corrected chi connectivity index (χ2v) is 6.52. The molecule has 3 aromatic rings. The molecule has 0 spiro atoms. The van der Waals surface area contributed by atoms with Crippen LogP contribution in [0.5, 0.6) is 0 Å². The predicted octanol–water partition coefficient (Wildman–Crippen LogP) is 3.00. The third-order valence-electron chi connectivity index (χ3n) is 4.73. The molecule has 0 radical (unpaired) electrons. The van der Waals surface area contributed by atoms with E-state index in [1.807, 2.05) is 42.5 Å². The number of aromatic nitrogens is 3. The molecule has 1 aromatic carbocycles. The Balaban J connectivity index is 1.57. The van der Waals surface area contributed by atoms with Crippen LogP contribution in [0.2, 0.25) is 0 Å². The van der Waals surface area contributed by atoms with Gasteiger partial charge in [0.15, 0.2) is 5.82 Å². The first-order valence-electron chi connectivity index (χ1n) is 9.10. The maximum absolute atomic E-state index is 11.7. The van der Waals surface area contributed by atoms with E-state index < -0.39 is 0 Å². The summed E-state index contributed by atoms with van der Waals surface area (Å²) < 4.78 is 0. The Morgan fingerprint density at radius 2 is 1.93 bits per heavy atom. The molecule has 1 aliphatic rings. The maximum atomic E-state index is 11.7. The molecule has 2 aromatic heterocycles. The van der Waals surface area contributed by atoms with Crippen molar-refractivity contribution in [3.8, 4) is 11.5 Å². The number of nitrogens with one attached hydrogen (secondary N) is 2. The highest BCUT2D eigenvalue weighted by Gasteiger charge is 2.20. The van der Waals surface area contributed by atoms with Gasteiger partial charge in [0.1, 0.15) is 11.5 Å². The quantitative estimate of drug-likeness (QED) is 0.732. The molecule has 27 heavy (non-hydrogen) atoms. The highest BCUT2D eigenvalue weighted by atomic mass is 16.1. The Hall–Kier alpha value is -3.28. The average Bonchev–Trinajstić information content (AvgIpc) is 3.21. The molecular weight excluding hydrogens is 338 g/mol. The van der Waals surface area contributed by atoms with Crippen LogP contribution in [0.3, 0.4) is 0 Å². The molecule has 0 saturated heterocycles. The number of hydrogen-bond acceptors (Lipinski definition) is 5. The fraction of sp³-hybridized carbons (Fsp3) is 0.238. The number of carbonyl (C=O) groups excluding carboxylic acids is 1. The Morgan fingerprint density at radius 1 is 1.07 bits per heavy atom. The van der Waals surface area contributed by atoms with Gasteiger partial charge in [-0.3, -0.25) is 9.78 Å². The van der Waals surface area contributed by atoms with E-state index in [1.54, 1.807) is 13.2 Å². The van der Waals surface area contributed by atoms with Crippen molar-refractivity contribution in [2.45, 2.75) is 25.8 Å². The molecule has 0 saturated carbocycles. The fourth-order valence-corrected chi connectivity index (χ4v) is 3.29. The van der Waals surface area contributed by atoms with E-state index in [1.165, 1.54) is 5.56 Å². The smallest absolute Gasteiger partial charge is 0.251 e. The van der Waals surface area contributed by atoms with Gasteiger partial charge in [0.25, 0.3) is 5.91 Å². The van der Waals surface area contributed by atoms with E-state index >= 15 is 0 Å². The van der Waals surface area contributed by atoms with Crippen LogP contribution in [-0.4, -0.2) is 27.9 Å². The zero-order valence-electron chi connectivity index (χ0n) is 15.2. The Bertz CT molecular complexity index is 954. The SMILES string of the molecule is CNC(=O)c1ccc(CNc2nc(-c3ccccn3)nc3c2CCC3)cc1. The number of carbonyl (C=O) groups is 1. The van der Waals surface area contributed by atoms with Gasteiger partial charge in [-0.2, -0.15) is 0 Å². The zero-order valence-corrected chi connectivity index (χ0v) is 15.2. The fourth-order valence-electron chi connectivity index (χ4n) is 3.29. The van der Waals surface area contributed by atoms with Gasteiger partial charge in [-0.25, -0.2) is 9.97 Å². The van der Waals surface area contributed by atoms with E-state index in [-0.39, 0.29) is 5.91 Å². The molecule has 0 aliphatic heterocycles. The molecular formula is C21H21N5O. The number of anilines is 1. The third-order valence-corrected chi connectivity index (χ3v) is 4.73. The lowest BCUT2D eigenvalue weighted by molar-refractivity contribution is 0.0963. The number of rotatable bonds is 5. The summed E-state index contributed by atoms with van der Waals surface area (Å²) in [6, 6.07) is 13.3. The second-order valence-electron chi connectivity index (χ2n) is 6.52. The summed E-state index contributed by atoms with van der Waals surface area (Å²) in [5, 5.41) is 6.09. The lowest BCUT2D eigenvalue weighted by atomic mass is 10.1.